The normalized spacial score (nSPS) is 18.6. The van der Waals surface area contributed by atoms with E-state index >= 15 is 0 Å². The van der Waals surface area contributed by atoms with E-state index in [1.54, 1.807) is 0 Å². The van der Waals surface area contributed by atoms with Gasteiger partial charge >= 0.3 is 0 Å². The van der Waals surface area contributed by atoms with Crippen molar-refractivity contribution >= 4 is 5.96 Å². The van der Waals surface area contributed by atoms with E-state index in [0.717, 1.165) is 38.7 Å². The van der Waals surface area contributed by atoms with Crippen molar-refractivity contribution < 1.29 is 0 Å². The predicted octanol–water partition coefficient (Wildman–Crippen LogP) is 1.06. The molecule has 6 nitrogen and oxygen atoms in total. The van der Waals surface area contributed by atoms with Crippen LogP contribution in [0.2, 0.25) is 0 Å². The van der Waals surface area contributed by atoms with E-state index in [4.69, 9.17) is 0 Å². The molecule has 24 heavy (non-hydrogen) atoms. The molecule has 2 rings (SSSR count). The van der Waals surface area contributed by atoms with Crippen LogP contribution in [0.15, 0.2) is 23.3 Å². The van der Waals surface area contributed by atoms with E-state index in [1.165, 1.54) is 18.8 Å². The number of aromatic nitrogens is 1. The molecule has 6 heteroatoms. The Balaban J connectivity index is 1.79. The SMILES string of the molecule is CCN1CCN(C(C)CNC(=NC)N(C)Cc2cccn2C)CC1. The number of nitrogens with zero attached hydrogens (tertiary/aromatic N) is 5. The molecule has 0 aromatic carbocycles. The average molecular weight is 335 g/mol. The smallest absolute Gasteiger partial charge is 0.193 e. The average Bonchev–Trinajstić information content (AvgIpc) is 3.00. The van der Waals surface area contributed by atoms with Crippen LogP contribution in [-0.2, 0) is 13.6 Å². The quantitative estimate of drug-likeness (QED) is 0.624. The molecule has 1 aromatic rings. The maximum atomic E-state index is 4.44. The first-order valence-electron chi connectivity index (χ1n) is 9.03. The summed E-state index contributed by atoms with van der Waals surface area (Å²) < 4.78 is 2.15. The zero-order valence-electron chi connectivity index (χ0n) is 16.0. The number of aryl methyl sites for hydroxylation is 1. The highest BCUT2D eigenvalue weighted by atomic mass is 15.3. The molecule has 0 aliphatic carbocycles. The van der Waals surface area contributed by atoms with Gasteiger partial charge in [-0.3, -0.25) is 9.89 Å². The van der Waals surface area contributed by atoms with Crippen LogP contribution < -0.4 is 5.32 Å². The molecule has 1 atom stereocenters. The van der Waals surface area contributed by atoms with Gasteiger partial charge in [-0.2, -0.15) is 0 Å². The molecular formula is C18H34N6. The second-order valence-corrected chi connectivity index (χ2v) is 6.71. The summed E-state index contributed by atoms with van der Waals surface area (Å²) in [6.45, 7) is 12.2. The first-order chi connectivity index (χ1) is 11.5. The van der Waals surface area contributed by atoms with Crippen LogP contribution in [0.3, 0.4) is 0 Å². The molecule has 2 heterocycles. The Morgan fingerprint density at radius 3 is 2.58 bits per heavy atom. The summed E-state index contributed by atoms with van der Waals surface area (Å²) in [4.78, 5) is 11.7. The number of guanidine groups is 1. The van der Waals surface area contributed by atoms with Crippen LogP contribution in [0.1, 0.15) is 19.5 Å². The molecule has 1 fully saturated rings. The number of nitrogens with one attached hydrogen (secondary N) is 1. The molecule has 136 valence electrons. The molecule has 1 saturated heterocycles. The lowest BCUT2D eigenvalue weighted by Gasteiger charge is -2.38. The summed E-state index contributed by atoms with van der Waals surface area (Å²) in [6, 6.07) is 4.75. The molecule has 1 aliphatic rings. The molecule has 1 unspecified atom stereocenters. The Bertz CT molecular complexity index is 515. The number of hydrogen-bond donors (Lipinski definition) is 1. The fraction of sp³-hybridized carbons (Fsp3) is 0.722. The Labute approximate surface area is 147 Å². The lowest BCUT2D eigenvalue weighted by atomic mass is 10.2. The summed E-state index contributed by atoms with van der Waals surface area (Å²) in [6.07, 6.45) is 2.08. The van der Waals surface area contributed by atoms with Gasteiger partial charge in [0.1, 0.15) is 0 Å². The van der Waals surface area contributed by atoms with Gasteiger partial charge in [0.15, 0.2) is 5.96 Å². The predicted molar refractivity (Wildman–Crippen MR) is 101 cm³/mol. The monoisotopic (exact) mass is 334 g/mol. The van der Waals surface area contributed by atoms with E-state index < -0.39 is 0 Å². The number of likely N-dealkylation sites (N-methyl/N-ethyl adjacent to an activating group) is 1. The Morgan fingerprint density at radius 2 is 2.04 bits per heavy atom. The van der Waals surface area contributed by atoms with Gasteiger partial charge in [0.2, 0.25) is 0 Å². The van der Waals surface area contributed by atoms with Gasteiger partial charge in [-0.05, 0) is 25.6 Å². The lowest BCUT2D eigenvalue weighted by molar-refractivity contribution is 0.107. The maximum Gasteiger partial charge on any atom is 0.193 e. The fourth-order valence-electron chi connectivity index (χ4n) is 3.25. The van der Waals surface area contributed by atoms with Crippen molar-refractivity contribution in [1.82, 2.24) is 24.6 Å². The van der Waals surface area contributed by atoms with Crippen molar-refractivity contribution in [3.05, 3.63) is 24.0 Å². The van der Waals surface area contributed by atoms with Gasteiger partial charge in [0.25, 0.3) is 0 Å². The number of aliphatic imine (C=N–C) groups is 1. The van der Waals surface area contributed by atoms with Crippen molar-refractivity contribution in [3.63, 3.8) is 0 Å². The van der Waals surface area contributed by atoms with E-state index in [0.29, 0.717) is 6.04 Å². The fourth-order valence-corrected chi connectivity index (χ4v) is 3.25. The summed E-state index contributed by atoms with van der Waals surface area (Å²) >= 11 is 0. The molecule has 1 N–H and O–H groups in total. The minimum absolute atomic E-state index is 0.518. The van der Waals surface area contributed by atoms with Crippen LogP contribution >= 0.6 is 0 Å². The third kappa shape index (κ3) is 4.98. The Hall–Kier alpha value is -1.53. The Kier molecular flexibility index (Phi) is 7.12. The zero-order chi connectivity index (χ0) is 17.5. The van der Waals surface area contributed by atoms with Gasteiger partial charge in [-0.1, -0.05) is 6.92 Å². The number of rotatable bonds is 6. The molecule has 0 bridgehead atoms. The highest BCUT2D eigenvalue weighted by Gasteiger charge is 2.20. The number of piperazine rings is 1. The second-order valence-electron chi connectivity index (χ2n) is 6.71. The highest BCUT2D eigenvalue weighted by Crippen LogP contribution is 2.06. The standard InChI is InChI=1S/C18H34N6/c1-6-23-10-12-24(13-11-23)16(2)14-20-18(19-3)22(5)15-17-8-7-9-21(17)4/h7-9,16H,6,10-15H2,1-5H3,(H,19,20). The van der Waals surface area contributed by atoms with Crippen LogP contribution in [-0.4, -0.2) is 84.6 Å². The van der Waals surface area contributed by atoms with Crippen molar-refractivity contribution in [2.24, 2.45) is 12.0 Å². The minimum atomic E-state index is 0.518. The van der Waals surface area contributed by atoms with Crippen molar-refractivity contribution in [2.75, 3.05) is 53.4 Å². The maximum absolute atomic E-state index is 4.44. The molecule has 1 aliphatic heterocycles. The van der Waals surface area contributed by atoms with Crippen molar-refractivity contribution in [1.29, 1.82) is 0 Å². The molecule has 0 amide bonds. The molecule has 0 saturated carbocycles. The first-order valence-corrected chi connectivity index (χ1v) is 9.03. The first kappa shape index (κ1) is 18.8. The van der Waals surface area contributed by atoms with E-state index in [9.17, 15) is 0 Å². The largest absolute Gasteiger partial charge is 0.355 e. The van der Waals surface area contributed by atoms with Gasteiger partial charge in [0, 0.05) is 71.8 Å². The van der Waals surface area contributed by atoms with E-state index in [2.05, 4.69) is 75.8 Å². The topological polar surface area (TPSA) is 39.0 Å². The molecule has 1 aromatic heterocycles. The summed E-state index contributed by atoms with van der Waals surface area (Å²) in [7, 11) is 6.03. The Morgan fingerprint density at radius 1 is 1.33 bits per heavy atom. The third-order valence-corrected chi connectivity index (χ3v) is 5.06. The zero-order valence-corrected chi connectivity index (χ0v) is 16.0. The van der Waals surface area contributed by atoms with Crippen LogP contribution in [0.25, 0.3) is 0 Å². The third-order valence-electron chi connectivity index (χ3n) is 5.06. The van der Waals surface area contributed by atoms with Crippen LogP contribution in [0.5, 0.6) is 0 Å². The summed E-state index contributed by atoms with van der Waals surface area (Å²) in [5.41, 5.74) is 1.28. The van der Waals surface area contributed by atoms with Crippen molar-refractivity contribution in [3.8, 4) is 0 Å². The van der Waals surface area contributed by atoms with Crippen LogP contribution in [0, 0.1) is 0 Å². The van der Waals surface area contributed by atoms with Crippen LogP contribution in [0.4, 0.5) is 0 Å². The van der Waals surface area contributed by atoms with Gasteiger partial charge < -0.3 is 19.7 Å². The number of hydrogen-bond acceptors (Lipinski definition) is 3. The van der Waals surface area contributed by atoms with Gasteiger partial charge in [-0.15, -0.1) is 0 Å². The highest BCUT2D eigenvalue weighted by molar-refractivity contribution is 5.79. The second kappa shape index (κ2) is 9.08. The van der Waals surface area contributed by atoms with Gasteiger partial charge in [0.05, 0.1) is 6.54 Å². The summed E-state index contributed by atoms with van der Waals surface area (Å²) in [5, 5.41) is 3.53. The van der Waals surface area contributed by atoms with Crippen molar-refractivity contribution in [2.45, 2.75) is 26.4 Å². The van der Waals surface area contributed by atoms with E-state index in [1.807, 2.05) is 7.05 Å². The molecule has 0 radical (unpaired) electrons. The van der Waals surface area contributed by atoms with Gasteiger partial charge in [-0.25, -0.2) is 0 Å². The summed E-state index contributed by atoms with van der Waals surface area (Å²) in [5.74, 6) is 0.954. The molecular weight excluding hydrogens is 300 g/mol. The van der Waals surface area contributed by atoms with E-state index in [-0.39, 0.29) is 0 Å². The minimum Gasteiger partial charge on any atom is -0.355 e. The lowest BCUT2D eigenvalue weighted by Crippen LogP contribution is -2.53. The molecule has 0 spiro atoms.